The number of nitrogens with zero attached hydrogens (tertiary/aromatic N) is 1. The Bertz CT molecular complexity index is 1370. The molecule has 50 heavy (non-hydrogen) atoms. The maximum absolute atomic E-state index is 13.4. The Labute approximate surface area is 309 Å². The standard InChI is InChI=1S/C36H51ClN2O5S.C4H11N/c1-5-8-24(3)25(4)45(41)38-36(40)28-12-15-34-33(19-28)39(21-29-11-10-26(29)20-35-42-16-7-17-43-35)22-30(23-44-34)32-14-13-31(37)18-27(32)9-6-2;1-3-5-4-2/h12-15,18-19,24-26,29-30,35H,5-11,16-17,20-23H2,1-4H3,(H,38,40);5H,3-4H2,1-2H3. The van der Waals surface area contributed by atoms with E-state index in [9.17, 15) is 9.00 Å². The molecule has 0 aromatic heterocycles. The van der Waals surface area contributed by atoms with Gasteiger partial charge in [0.25, 0.3) is 5.91 Å². The zero-order valence-corrected chi connectivity index (χ0v) is 32.9. The van der Waals surface area contributed by atoms with E-state index in [1.807, 2.05) is 25.1 Å². The molecule has 6 atom stereocenters. The number of rotatable bonds is 15. The van der Waals surface area contributed by atoms with E-state index in [1.165, 1.54) is 17.5 Å². The van der Waals surface area contributed by atoms with Crippen molar-refractivity contribution in [2.75, 3.05) is 50.9 Å². The molecule has 2 fully saturated rings. The summed E-state index contributed by atoms with van der Waals surface area (Å²) in [5.41, 5.74) is 3.96. The minimum absolute atomic E-state index is 0.108. The molecule has 2 aliphatic heterocycles. The summed E-state index contributed by atoms with van der Waals surface area (Å²) >= 11 is 6.43. The monoisotopic (exact) mass is 731 g/mol. The van der Waals surface area contributed by atoms with Crippen LogP contribution in [0.3, 0.4) is 0 Å². The van der Waals surface area contributed by atoms with Gasteiger partial charge in [-0.25, -0.2) is 4.21 Å². The first-order valence-electron chi connectivity index (χ1n) is 19.1. The second-order valence-corrected chi connectivity index (χ2v) is 16.2. The number of hydrogen-bond donors (Lipinski definition) is 2. The van der Waals surface area contributed by atoms with E-state index in [0.717, 1.165) is 101 Å². The summed E-state index contributed by atoms with van der Waals surface area (Å²) in [6, 6.07) is 11.9. The summed E-state index contributed by atoms with van der Waals surface area (Å²) in [5.74, 6) is 1.90. The average molecular weight is 732 g/mol. The number of anilines is 1. The molecular weight excluding hydrogens is 670 g/mol. The molecule has 0 spiro atoms. The second-order valence-electron chi connectivity index (χ2n) is 14.2. The van der Waals surface area contributed by atoms with E-state index < -0.39 is 11.0 Å². The molecule has 2 heterocycles. The molecule has 1 aliphatic carbocycles. The normalized spacial score (nSPS) is 22.5. The number of fused-ring (bicyclic) bond motifs is 1. The largest absolute Gasteiger partial charge is 0.491 e. The highest BCUT2D eigenvalue weighted by atomic mass is 35.5. The number of aryl methyl sites for hydroxylation is 1. The van der Waals surface area contributed by atoms with Gasteiger partial charge in [-0.3, -0.25) is 9.52 Å². The van der Waals surface area contributed by atoms with Crippen molar-refractivity contribution in [1.29, 1.82) is 0 Å². The Morgan fingerprint density at radius 2 is 1.74 bits per heavy atom. The van der Waals surface area contributed by atoms with Crippen LogP contribution in [0.4, 0.5) is 5.69 Å². The average Bonchev–Trinajstić information content (AvgIpc) is 3.29. The number of nitrogens with one attached hydrogen (secondary N) is 2. The van der Waals surface area contributed by atoms with Gasteiger partial charge in [-0.15, -0.1) is 0 Å². The molecule has 2 N–H and O–H groups in total. The van der Waals surface area contributed by atoms with Gasteiger partial charge in [0.2, 0.25) is 0 Å². The van der Waals surface area contributed by atoms with Crippen LogP contribution in [0.2, 0.25) is 5.02 Å². The molecule has 0 bridgehead atoms. The van der Waals surface area contributed by atoms with Gasteiger partial charge in [0.1, 0.15) is 16.7 Å². The molecule has 0 radical (unpaired) electrons. The third kappa shape index (κ3) is 11.4. The number of hydrogen-bond acceptors (Lipinski definition) is 7. The van der Waals surface area contributed by atoms with Crippen LogP contribution in [0.15, 0.2) is 36.4 Å². The maximum Gasteiger partial charge on any atom is 0.263 e. The van der Waals surface area contributed by atoms with Gasteiger partial charge in [0.05, 0.1) is 30.8 Å². The van der Waals surface area contributed by atoms with Gasteiger partial charge in [0.15, 0.2) is 6.29 Å². The zero-order chi connectivity index (χ0) is 36.0. The molecule has 6 unspecified atom stereocenters. The first kappa shape index (κ1) is 40.6. The minimum Gasteiger partial charge on any atom is -0.491 e. The van der Waals surface area contributed by atoms with Crippen LogP contribution < -0.4 is 19.7 Å². The van der Waals surface area contributed by atoms with Crippen LogP contribution in [0.5, 0.6) is 5.75 Å². The van der Waals surface area contributed by atoms with E-state index in [2.05, 4.69) is 61.7 Å². The van der Waals surface area contributed by atoms with Crippen LogP contribution in [0.25, 0.3) is 0 Å². The van der Waals surface area contributed by atoms with Gasteiger partial charge in [0, 0.05) is 36.0 Å². The zero-order valence-electron chi connectivity index (χ0n) is 31.3. The molecule has 3 aliphatic rings. The van der Waals surface area contributed by atoms with E-state index in [4.69, 9.17) is 25.8 Å². The number of ether oxygens (including phenoxy) is 3. The Balaban J connectivity index is 0.00000105. The third-order valence-electron chi connectivity index (χ3n) is 10.5. The Morgan fingerprint density at radius 3 is 2.38 bits per heavy atom. The van der Waals surface area contributed by atoms with E-state index >= 15 is 0 Å². The lowest BCUT2D eigenvalue weighted by Crippen LogP contribution is -2.42. The number of benzene rings is 2. The topological polar surface area (TPSA) is 89.1 Å². The molecule has 1 amide bonds. The smallest absolute Gasteiger partial charge is 0.263 e. The lowest BCUT2D eigenvalue weighted by Gasteiger charge is -2.42. The number of halogens is 1. The van der Waals surface area contributed by atoms with Gasteiger partial charge in [-0.2, -0.15) is 0 Å². The number of amides is 1. The Hall–Kier alpha value is -2.17. The van der Waals surface area contributed by atoms with Crippen LogP contribution >= 0.6 is 11.6 Å². The van der Waals surface area contributed by atoms with Crippen molar-refractivity contribution in [3.63, 3.8) is 0 Å². The number of carbonyl (C=O) groups excluding carboxylic acids is 1. The molecule has 2 aromatic carbocycles. The second kappa shape index (κ2) is 20.8. The van der Waals surface area contributed by atoms with Crippen molar-refractivity contribution in [1.82, 2.24) is 10.0 Å². The van der Waals surface area contributed by atoms with Crippen LogP contribution in [0, 0.1) is 17.8 Å². The molecule has 8 nitrogen and oxygen atoms in total. The predicted molar refractivity (Wildman–Crippen MR) is 207 cm³/mol. The third-order valence-corrected chi connectivity index (χ3v) is 12.3. The number of carbonyl (C=O) groups is 1. The maximum atomic E-state index is 13.4. The molecular formula is C40H62ClN3O5S. The van der Waals surface area contributed by atoms with Gasteiger partial charge in [-0.1, -0.05) is 65.1 Å². The summed E-state index contributed by atoms with van der Waals surface area (Å²) in [7, 11) is -1.47. The lowest BCUT2D eigenvalue weighted by atomic mass is 9.71. The van der Waals surface area contributed by atoms with Crippen molar-refractivity contribution in [3.8, 4) is 5.75 Å². The van der Waals surface area contributed by atoms with Crippen molar-refractivity contribution in [2.24, 2.45) is 17.8 Å². The molecule has 280 valence electrons. The minimum atomic E-state index is -1.47. The summed E-state index contributed by atoms with van der Waals surface area (Å²) < 4.78 is 34.2. The molecule has 10 heteroatoms. The van der Waals surface area contributed by atoms with Crippen molar-refractivity contribution in [3.05, 3.63) is 58.1 Å². The first-order chi connectivity index (χ1) is 24.2. The summed E-state index contributed by atoms with van der Waals surface area (Å²) in [4.78, 5) is 15.8. The van der Waals surface area contributed by atoms with Gasteiger partial charge >= 0.3 is 0 Å². The van der Waals surface area contributed by atoms with Crippen molar-refractivity contribution >= 4 is 34.2 Å². The summed E-state index contributed by atoms with van der Waals surface area (Å²) in [6.45, 7) is 18.5. The molecule has 2 aromatic rings. The summed E-state index contributed by atoms with van der Waals surface area (Å²) in [6.07, 6.45) is 8.11. The van der Waals surface area contributed by atoms with E-state index in [1.54, 1.807) is 6.07 Å². The van der Waals surface area contributed by atoms with E-state index in [-0.39, 0.29) is 29.3 Å². The van der Waals surface area contributed by atoms with Crippen LogP contribution in [-0.4, -0.2) is 67.7 Å². The van der Waals surface area contributed by atoms with E-state index in [0.29, 0.717) is 24.0 Å². The lowest BCUT2D eigenvalue weighted by molar-refractivity contribution is -0.192. The fourth-order valence-corrected chi connectivity index (χ4v) is 8.48. The van der Waals surface area contributed by atoms with Gasteiger partial charge in [-0.05, 0) is 111 Å². The van der Waals surface area contributed by atoms with Crippen molar-refractivity contribution < 1.29 is 23.2 Å². The molecule has 1 saturated heterocycles. The fraction of sp³-hybridized carbons (Fsp3) is 0.675. The quantitative estimate of drug-likeness (QED) is 0.191. The predicted octanol–water partition coefficient (Wildman–Crippen LogP) is 8.29. The highest BCUT2D eigenvalue weighted by molar-refractivity contribution is 7.84. The van der Waals surface area contributed by atoms with Gasteiger partial charge < -0.3 is 24.4 Å². The Kier molecular flexibility index (Phi) is 16.9. The summed E-state index contributed by atoms with van der Waals surface area (Å²) in [5, 5.41) is 3.74. The highest BCUT2D eigenvalue weighted by Gasteiger charge is 2.37. The Morgan fingerprint density at radius 1 is 1.00 bits per heavy atom. The highest BCUT2D eigenvalue weighted by Crippen LogP contribution is 2.43. The molecule has 1 saturated carbocycles. The molecule has 5 rings (SSSR count). The van der Waals surface area contributed by atoms with Crippen LogP contribution in [-0.2, 0) is 26.9 Å². The SMILES string of the molecule is CCCc1cc(Cl)ccc1C1COc2ccc(C(=O)NS(=O)C(C)C(C)CCC)cc2N(CC2CCC2CC2OCCCO2)C1.CCNCC. The first-order valence-corrected chi connectivity index (χ1v) is 20.7. The van der Waals surface area contributed by atoms with Crippen molar-refractivity contribution in [2.45, 2.75) is 110 Å². The fourth-order valence-electron chi connectivity index (χ4n) is 7.24. The van der Waals surface area contributed by atoms with Crippen LogP contribution in [0.1, 0.15) is 114 Å².